The molecule has 1 aromatic rings. The van der Waals surface area contributed by atoms with Crippen molar-refractivity contribution in [2.75, 3.05) is 11.4 Å². The molecule has 1 amide bonds. The van der Waals surface area contributed by atoms with Crippen LogP contribution in [0.15, 0.2) is 6.07 Å². The van der Waals surface area contributed by atoms with E-state index < -0.39 is 17.9 Å². The summed E-state index contributed by atoms with van der Waals surface area (Å²) in [6.07, 6.45) is 0.754. The molecule has 0 bridgehead atoms. The van der Waals surface area contributed by atoms with E-state index in [1.54, 1.807) is 17.9 Å². The van der Waals surface area contributed by atoms with E-state index in [-0.39, 0.29) is 5.92 Å². The maximum absolute atomic E-state index is 11.7. The summed E-state index contributed by atoms with van der Waals surface area (Å²) >= 11 is 0. The Kier molecular flexibility index (Phi) is 3.65. The number of carbonyl (C=O) groups excluding carboxylic acids is 1. The number of primary amides is 1. The van der Waals surface area contributed by atoms with Gasteiger partial charge in [0.1, 0.15) is 11.9 Å². The molecule has 1 saturated heterocycles. The van der Waals surface area contributed by atoms with E-state index in [4.69, 9.17) is 5.73 Å². The molecule has 1 aliphatic heterocycles. The number of anilines is 1. The summed E-state index contributed by atoms with van der Waals surface area (Å²) in [5, 5.41) is 9.40. The van der Waals surface area contributed by atoms with Gasteiger partial charge in [0.25, 0.3) is 5.91 Å². The Morgan fingerprint density at radius 1 is 1.45 bits per heavy atom. The number of rotatable bonds is 3. The van der Waals surface area contributed by atoms with Gasteiger partial charge in [0, 0.05) is 12.2 Å². The zero-order valence-corrected chi connectivity index (χ0v) is 11.9. The molecule has 0 aromatic carbocycles. The summed E-state index contributed by atoms with van der Waals surface area (Å²) in [5.41, 5.74) is 7.22. The third kappa shape index (κ3) is 2.33. The summed E-state index contributed by atoms with van der Waals surface area (Å²) in [7, 11) is 0. The molecule has 2 atom stereocenters. The van der Waals surface area contributed by atoms with Crippen LogP contribution in [0, 0.1) is 19.8 Å². The van der Waals surface area contributed by atoms with Crippen LogP contribution < -0.4 is 10.6 Å². The quantitative estimate of drug-likeness (QED) is 0.862. The van der Waals surface area contributed by atoms with Gasteiger partial charge >= 0.3 is 5.97 Å². The van der Waals surface area contributed by atoms with E-state index in [0.717, 1.165) is 17.7 Å². The molecule has 0 radical (unpaired) electrons. The van der Waals surface area contributed by atoms with Crippen molar-refractivity contribution in [1.82, 2.24) is 4.98 Å². The van der Waals surface area contributed by atoms with Crippen LogP contribution in [0.5, 0.6) is 0 Å². The average molecular weight is 277 g/mol. The van der Waals surface area contributed by atoms with Gasteiger partial charge in [0.05, 0.1) is 5.56 Å². The Morgan fingerprint density at radius 3 is 2.65 bits per heavy atom. The number of amides is 1. The minimum absolute atomic E-state index is 0.0100. The molecule has 2 rings (SSSR count). The lowest BCUT2D eigenvalue weighted by Gasteiger charge is -2.26. The van der Waals surface area contributed by atoms with Crippen molar-refractivity contribution in [2.45, 2.75) is 33.2 Å². The zero-order valence-electron chi connectivity index (χ0n) is 11.9. The predicted molar refractivity (Wildman–Crippen MR) is 74.8 cm³/mol. The van der Waals surface area contributed by atoms with Gasteiger partial charge in [-0.05, 0) is 37.8 Å². The monoisotopic (exact) mass is 277 g/mol. The predicted octanol–water partition coefficient (Wildman–Crippen LogP) is 1.10. The second kappa shape index (κ2) is 5.11. The zero-order chi connectivity index (χ0) is 15.0. The van der Waals surface area contributed by atoms with Crippen LogP contribution in [-0.2, 0) is 4.79 Å². The normalized spacial score (nSPS) is 22.1. The van der Waals surface area contributed by atoms with E-state index in [1.165, 1.54) is 0 Å². The summed E-state index contributed by atoms with van der Waals surface area (Å²) < 4.78 is 0. The van der Waals surface area contributed by atoms with E-state index in [9.17, 15) is 14.7 Å². The molecule has 0 spiro atoms. The van der Waals surface area contributed by atoms with Crippen LogP contribution in [0.1, 0.15) is 35.0 Å². The van der Waals surface area contributed by atoms with Crippen molar-refractivity contribution in [3.05, 3.63) is 22.9 Å². The highest BCUT2D eigenvalue weighted by molar-refractivity contribution is 6.00. The fourth-order valence-electron chi connectivity index (χ4n) is 2.89. The minimum Gasteiger partial charge on any atom is -0.480 e. The van der Waals surface area contributed by atoms with E-state index in [2.05, 4.69) is 4.98 Å². The second-order valence-electron chi connectivity index (χ2n) is 5.39. The standard InChI is InChI=1S/C14H19N3O3/c1-7-4-5-17(11(7)14(19)20)13-10(12(15)18)8(2)6-9(3)16-13/h6-7,11H,4-5H2,1-3H3,(H2,15,18)(H,19,20). The lowest BCUT2D eigenvalue weighted by molar-refractivity contribution is -0.139. The maximum Gasteiger partial charge on any atom is 0.326 e. The largest absolute Gasteiger partial charge is 0.480 e. The van der Waals surface area contributed by atoms with Gasteiger partial charge in [-0.15, -0.1) is 0 Å². The lowest BCUT2D eigenvalue weighted by Crippen LogP contribution is -2.40. The Hall–Kier alpha value is -2.11. The van der Waals surface area contributed by atoms with Crippen molar-refractivity contribution in [1.29, 1.82) is 0 Å². The molecule has 1 aromatic heterocycles. The highest BCUT2D eigenvalue weighted by Crippen LogP contribution is 2.32. The van der Waals surface area contributed by atoms with Gasteiger partial charge in [-0.3, -0.25) is 4.79 Å². The Labute approximate surface area is 117 Å². The molecule has 2 heterocycles. The summed E-state index contributed by atoms with van der Waals surface area (Å²) in [6, 6.07) is 1.11. The first-order valence-corrected chi connectivity index (χ1v) is 6.60. The molecule has 20 heavy (non-hydrogen) atoms. The molecule has 3 N–H and O–H groups in total. The Morgan fingerprint density at radius 2 is 2.10 bits per heavy atom. The third-order valence-corrected chi connectivity index (χ3v) is 3.80. The van der Waals surface area contributed by atoms with Crippen molar-refractivity contribution in [3.63, 3.8) is 0 Å². The van der Waals surface area contributed by atoms with Crippen molar-refractivity contribution in [2.24, 2.45) is 11.7 Å². The Balaban J connectivity index is 2.57. The molecular weight excluding hydrogens is 258 g/mol. The van der Waals surface area contributed by atoms with Crippen LogP contribution in [0.3, 0.4) is 0 Å². The number of nitrogens with two attached hydrogens (primary N) is 1. The minimum atomic E-state index is -0.897. The number of carboxylic acid groups (broad SMARTS) is 1. The first kappa shape index (κ1) is 14.3. The average Bonchev–Trinajstić information content (AvgIpc) is 2.69. The van der Waals surface area contributed by atoms with E-state index in [1.807, 2.05) is 13.8 Å². The number of aliphatic carboxylic acids is 1. The molecule has 108 valence electrons. The molecule has 1 aliphatic rings. The van der Waals surface area contributed by atoms with E-state index in [0.29, 0.717) is 17.9 Å². The molecule has 0 aliphatic carbocycles. The van der Waals surface area contributed by atoms with Crippen molar-refractivity contribution >= 4 is 17.7 Å². The molecule has 6 nitrogen and oxygen atoms in total. The van der Waals surface area contributed by atoms with Crippen molar-refractivity contribution in [3.8, 4) is 0 Å². The van der Waals surface area contributed by atoms with Gasteiger partial charge in [-0.1, -0.05) is 6.92 Å². The van der Waals surface area contributed by atoms with Gasteiger partial charge in [-0.25, -0.2) is 9.78 Å². The van der Waals surface area contributed by atoms with Gasteiger partial charge in [0.2, 0.25) is 0 Å². The van der Waals surface area contributed by atoms with Gasteiger partial charge in [-0.2, -0.15) is 0 Å². The van der Waals surface area contributed by atoms with Gasteiger partial charge in [0.15, 0.2) is 0 Å². The maximum atomic E-state index is 11.7. The summed E-state index contributed by atoms with van der Waals surface area (Å²) in [5.74, 6) is -1.07. The second-order valence-corrected chi connectivity index (χ2v) is 5.39. The smallest absolute Gasteiger partial charge is 0.326 e. The van der Waals surface area contributed by atoms with Crippen LogP contribution >= 0.6 is 0 Å². The number of carbonyl (C=O) groups is 2. The lowest BCUT2D eigenvalue weighted by atomic mass is 10.0. The third-order valence-electron chi connectivity index (χ3n) is 3.80. The first-order valence-electron chi connectivity index (χ1n) is 6.60. The highest BCUT2D eigenvalue weighted by atomic mass is 16.4. The molecule has 6 heteroatoms. The number of aromatic nitrogens is 1. The number of hydrogen-bond acceptors (Lipinski definition) is 4. The number of carboxylic acids is 1. The summed E-state index contributed by atoms with van der Waals surface area (Å²) in [4.78, 5) is 29.2. The van der Waals surface area contributed by atoms with Crippen LogP contribution in [0.4, 0.5) is 5.82 Å². The van der Waals surface area contributed by atoms with Crippen LogP contribution in [-0.4, -0.2) is 34.6 Å². The number of aryl methyl sites for hydroxylation is 2. The van der Waals surface area contributed by atoms with Crippen LogP contribution in [0.25, 0.3) is 0 Å². The van der Waals surface area contributed by atoms with E-state index >= 15 is 0 Å². The molecule has 0 saturated carbocycles. The molecule has 2 unspecified atom stereocenters. The fourth-order valence-corrected chi connectivity index (χ4v) is 2.89. The number of nitrogens with zero attached hydrogens (tertiary/aromatic N) is 2. The topological polar surface area (TPSA) is 96.5 Å². The first-order chi connectivity index (χ1) is 9.32. The molecular formula is C14H19N3O3. The summed E-state index contributed by atoms with van der Waals surface area (Å²) in [6.45, 7) is 6.06. The Bertz CT molecular complexity index is 571. The number of pyridine rings is 1. The van der Waals surface area contributed by atoms with Crippen LogP contribution in [0.2, 0.25) is 0 Å². The fraction of sp³-hybridized carbons (Fsp3) is 0.500. The van der Waals surface area contributed by atoms with Gasteiger partial charge < -0.3 is 15.7 Å². The SMILES string of the molecule is Cc1cc(C)c(C(N)=O)c(N2CCC(C)C2C(=O)O)n1. The van der Waals surface area contributed by atoms with Crippen molar-refractivity contribution < 1.29 is 14.7 Å². The molecule has 1 fully saturated rings. The number of hydrogen-bond donors (Lipinski definition) is 2. The highest BCUT2D eigenvalue weighted by Gasteiger charge is 2.39.